The van der Waals surface area contributed by atoms with Crippen LogP contribution in [0.2, 0.25) is 0 Å². The number of carbonyl (C=O) groups excluding carboxylic acids is 1. The summed E-state index contributed by atoms with van der Waals surface area (Å²) in [5.74, 6) is 0. The quantitative estimate of drug-likeness (QED) is 0.581. The third kappa shape index (κ3) is 2.90. The zero-order chi connectivity index (χ0) is 10.6. The van der Waals surface area contributed by atoms with Crippen LogP contribution in [0.1, 0.15) is 36.3 Å². The van der Waals surface area contributed by atoms with E-state index in [1.807, 2.05) is 13.8 Å². The van der Waals surface area contributed by atoms with Gasteiger partial charge >= 0.3 is 0 Å². The summed E-state index contributed by atoms with van der Waals surface area (Å²) in [6.07, 6.45) is -0.535. The van der Waals surface area contributed by atoms with E-state index in [-0.39, 0.29) is 11.8 Å². The Morgan fingerprint density at radius 2 is 2.21 bits per heavy atom. The molecule has 0 amide bonds. The van der Waals surface area contributed by atoms with Gasteiger partial charge in [-0.05, 0) is 26.0 Å². The Hall–Kier alpha value is -1.26. The van der Waals surface area contributed by atoms with Crippen LogP contribution in [0.3, 0.4) is 0 Å². The number of nitrogens with zero attached hydrogens (tertiary/aromatic N) is 1. The average Bonchev–Trinajstić information content (AvgIpc) is 2.17. The molecular weight excluding hydrogens is 182 g/mol. The van der Waals surface area contributed by atoms with Crippen LogP contribution in [0.25, 0.3) is 0 Å². The molecule has 0 radical (unpaired) electrons. The van der Waals surface area contributed by atoms with Crippen molar-refractivity contribution < 1.29 is 14.6 Å². The van der Waals surface area contributed by atoms with E-state index in [4.69, 9.17) is 4.74 Å². The molecule has 1 aromatic heterocycles. The number of pyridine rings is 1. The molecule has 1 N–H and O–H groups in total. The molecule has 1 atom stereocenters. The summed E-state index contributed by atoms with van der Waals surface area (Å²) in [6, 6.07) is 4.83. The van der Waals surface area contributed by atoms with Gasteiger partial charge in [-0.3, -0.25) is 4.79 Å². The van der Waals surface area contributed by atoms with E-state index in [9.17, 15) is 9.90 Å². The van der Waals surface area contributed by atoms with Crippen LogP contribution in [0.15, 0.2) is 18.2 Å². The summed E-state index contributed by atoms with van der Waals surface area (Å²) in [5, 5.41) is 9.51. The lowest BCUT2D eigenvalue weighted by molar-refractivity contribution is -0.131. The number of rotatable bonds is 4. The van der Waals surface area contributed by atoms with Crippen LogP contribution < -0.4 is 0 Å². The van der Waals surface area contributed by atoms with Crippen molar-refractivity contribution in [2.24, 2.45) is 0 Å². The summed E-state index contributed by atoms with van der Waals surface area (Å²) < 4.78 is 5.11. The van der Waals surface area contributed by atoms with Gasteiger partial charge in [0.05, 0.1) is 11.8 Å². The predicted molar refractivity (Wildman–Crippen MR) is 50.8 cm³/mol. The summed E-state index contributed by atoms with van der Waals surface area (Å²) >= 11 is 0. The first-order chi connectivity index (χ1) is 6.63. The highest BCUT2D eigenvalue weighted by Crippen LogP contribution is 2.13. The number of aliphatic hydroxyl groups excluding tert-OH is 1. The first-order valence-electron chi connectivity index (χ1n) is 4.39. The zero-order valence-corrected chi connectivity index (χ0v) is 8.18. The molecule has 14 heavy (non-hydrogen) atoms. The topological polar surface area (TPSA) is 59.4 Å². The molecule has 0 aliphatic heterocycles. The van der Waals surface area contributed by atoms with E-state index < -0.39 is 6.29 Å². The van der Waals surface area contributed by atoms with Gasteiger partial charge < -0.3 is 9.84 Å². The van der Waals surface area contributed by atoms with Crippen LogP contribution in [0.4, 0.5) is 0 Å². The Bertz CT molecular complexity index is 312. The molecule has 0 spiro atoms. The predicted octanol–water partition coefficient (Wildman–Crippen LogP) is 1.31. The van der Waals surface area contributed by atoms with Crippen LogP contribution >= 0.6 is 0 Å². The fourth-order valence-corrected chi connectivity index (χ4v) is 1.000. The van der Waals surface area contributed by atoms with Crippen molar-refractivity contribution in [2.75, 3.05) is 0 Å². The third-order valence-corrected chi connectivity index (χ3v) is 1.57. The van der Waals surface area contributed by atoms with Crippen molar-refractivity contribution in [1.29, 1.82) is 0 Å². The summed E-state index contributed by atoms with van der Waals surface area (Å²) in [4.78, 5) is 14.3. The number of hydrogen-bond acceptors (Lipinski definition) is 4. The van der Waals surface area contributed by atoms with Gasteiger partial charge in [0.1, 0.15) is 5.69 Å². The number of aromatic nitrogens is 1. The van der Waals surface area contributed by atoms with Gasteiger partial charge in [0.2, 0.25) is 0 Å². The minimum absolute atomic E-state index is 0.0910. The smallest absolute Gasteiger partial charge is 0.198 e. The molecule has 0 aliphatic rings. The summed E-state index contributed by atoms with van der Waals surface area (Å²) in [7, 11) is 0. The van der Waals surface area contributed by atoms with E-state index in [2.05, 4.69) is 4.98 Å². The molecule has 4 nitrogen and oxygen atoms in total. The Kier molecular flexibility index (Phi) is 3.73. The highest BCUT2D eigenvalue weighted by Gasteiger charge is 2.11. The van der Waals surface area contributed by atoms with Crippen LogP contribution in [-0.2, 0) is 4.74 Å². The maximum Gasteiger partial charge on any atom is 0.198 e. The fourth-order valence-electron chi connectivity index (χ4n) is 1.000. The van der Waals surface area contributed by atoms with Crippen molar-refractivity contribution in [1.82, 2.24) is 4.98 Å². The average molecular weight is 195 g/mol. The van der Waals surface area contributed by atoms with Crippen molar-refractivity contribution in [3.8, 4) is 0 Å². The number of aldehydes is 1. The molecule has 0 aliphatic carbocycles. The van der Waals surface area contributed by atoms with Gasteiger partial charge in [0.25, 0.3) is 0 Å². The van der Waals surface area contributed by atoms with Crippen molar-refractivity contribution >= 4 is 6.29 Å². The lowest BCUT2D eigenvalue weighted by Gasteiger charge is -2.14. The second kappa shape index (κ2) is 4.83. The molecule has 1 unspecified atom stereocenters. The van der Waals surface area contributed by atoms with Crippen molar-refractivity contribution in [3.63, 3.8) is 0 Å². The van der Waals surface area contributed by atoms with Crippen LogP contribution in [0, 0.1) is 0 Å². The van der Waals surface area contributed by atoms with E-state index in [1.54, 1.807) is 18.2 Å². The lowest BCUT2D eigenvalue weighted by atomic mass is 10.3. The largest absolute Gasteiger partial charge is 0.363 e. The number of carbonyl (C=O) groups is 1. The first kappa shape index (κ1) is 10.8. The van der Waals surface area contributed by atoms with E-state index in [0.29, 0.717) is 12.0 Å². The molecular formula is C10H13NO3. The molecule has 4 heteroatoms. The minimum atomic E-state index is -1.07. The maximum absolute atomic E-state index is 10.4. The number of hydrogen-bond donors (Lipinski definition) is 1. The summed E-state index contributed by atoms with van der Waals surface area (Å²) in [6.45, 7) is 3.62. The van der Waals surface area contributed by atoms with Gasteiger partial charge in [0.15, 0.2) is 12.6 Å². The molecule has 1 rings (SSSR count). The minimum Gasteiger partial charge on any atom is -0.363 e. The van der Waals surface area contributed by atoms with E-state index in [1.165, 1.54) is 0 Å². The maximum atomic E-state index is 10.4. The third-order valence-electron chi connectivity index (χ3n) is 1.57. The highest BCUT2D eigenvalue weighted by atomic mass is 16.6. The highest BCUT2D eigenvalue weighted by molar-refractivity contribution is 5.71. The molecule has 0 saturated carbocycles. The second-order valence-electron chi connectivity index (χ2n) is 3.14. The molecule has 0 aromatic carbocycles. The van der Waals surface area contributed by atoms with Gasteiger partial charge in [0, 0.05) is 0 Å². The SMILES string of the molecule is CC(C)OC(O)c1cccc(C=O)n1. The molecule has 1 aromatic rings. The molecule has 0 fully saturated rings. The zero-order valence-electron chi connectivity index (χ0n) is 8.18. The van der Waals surface area contributed by atoms with Gasteiger partial charge in [-0.15, -0.1) is 0 Å². The number of ether oxygens (including phenoxy) is 1. The Morgan fingerprint density at radius 1 is 1.50 bits per heavy atom. The van der Waals surface area contributed by atoms with E-state index >= 15 is 0 Å². The van der Waals surface area contributed by atoms with Gasteiger partial charge in [-0.2, -0.15) is 0 Å². The molecule has 76 valence electrons. The first-order valence-corrected chi connectivity index (χ1v) is 4.39. The van der Waals surface area contributed by atoms with Crippen LogP contribution in [-0.4, -0.2) is 22.5 Å². The van der Waals surface area contributed by atoms with Gasteiger partial charge in [-0.25, -0.2) is 4.98 Å². The van der Waals surface area contributed by atoms with E-state index in [0.717, 1.165) is 0 Å². The molecule has 1 heterocycles. The fraction of sp³-hybridized carbons (Fsp3) is 0.400. The van der Waals surface area contributed by atoms with Crippen molar-refractivity contribution in [2.45, 2.75) is 26.2 Å². The number of aliphatic hydroxyl groups is 1. The summed E-state index contributed by atoms with van der Waals surface area (Å²) in [5.41, 5.74) is 0.636. The monoisotopic (exact) mass is 195 g/mol. The Morgan fingerprint density at radius 3 is 2.79 bits per heavy atom. The normalized spacial score (nSPS) is 12.9. The lowest BCUT2D eigenvalue weighted by Crippen LogP contribution is -2.11. The molecule has 0 saturated heterocycles. The van der Waals surface area contributed by atoms with Crippen molar-refractivity contribution in [3.05, 3.63) is 29.6 Å². The Balaban J connectivity index is 2.78. The second-order valence-corrected chi connectivity index (χ2v) is 3.14. The van der Waals surface area contributed by atoms with Gasteiger partial charge in [-0.1, -0.05) is 6.07 Å². The standard InChI is InChI=1S/C10H13NO3/c1-7(2)14-10(13)9-5-3-4-8(6-12)11-9/h3-7,10,13H,1-2H3. The molecule has 0 bridgehead atoms. The Labute approximate surface area is 82.5 Å². The van der Waals surface area contributed by atoms with Crippen LogP contribution in [0.5, 0.6) is 0 Å².